The molecule has 0 aliphatic rings. The molecule has 106 valence electrons. The Morgan fingerprint density at radius 3 is 2.63 bits per heavy atom. The molecule has 4 nitrogen and oxygen atoms in total. The number of esters is 1. The van der Waals surface area contributed by atoms with Gasteiger partial charge >= 0.3 is 5.97 Å². The van der Waals surface area contributed by atoms with Crippen LogP contribution in [0.1, 0.15) is 20.3 Å². The van der Waals surface area contributed by atoms with Crippen LogP contribution in [0.25, 0.3) is 0 Å². The van der Waals surface area contributed by atoms with Crippen molar-refractivity contribution in [1.29, 1.82) is 0 Å². The third-order valence-corrected chi connectivity index (χ3v) is 2.67. The first kappa shape index (κ1) is 15.6. The average Bonchev–Trinajstić information content (AvgIpc) is 2.38. The molecule has 19 heavy (non-hydrogen) atoms. The van der Waals surface area contributed by atoms with Crippen LogP contribution in [-0.2, 0) is 9.53 Å². The Morgan fingerprint density at radius 1 is 1.32 bits per heavy atom. The summed E-state index contributed by atoms with van der Waals surface area (Å²) in [5.74, 6) is 1.37. The van der Waals surface area contributed by atoms with E-state index in [1.165, 1.54) is 7.11 Å². The minimum absolute atomic E-state index is 0.430. The van der Waals surface area contributed by atoms with E-state index in [2.05, 4.69) is 4.74 Å². The zero-order valence-electron chi connectivity index (χ0n) is 11.4. The summed E-state index contributed by atoms with van der Waals surface area (Å²) in [6, 6.07) is 7.13. The number of hydrogen-bond acceptors (Lipinski definition) is 4. The predicted molar refractivity (Wildman–Crippen MR) is 74.0 cm³/mol. The highest BCUT2D eigenvalue weighted by Crippen LogP contribution is 2.24. The van der Waals surface area contributed by atoms with E-state index in [1.54, 1.807) is 32.0 Å². The molecule has 0 aromatic heterocycles. The van der Waals surface area contributed by atoms with Crippen LogP contribution in [0.2, 0.25) is 0 Å². The third-order valence-electron chi connectivity index (χ3n) is 2.40. The number of alkyl halides is 1. The quantitative estimate of drug-likeness (QED) is 0.439. The lowest BCUT2D eigenvalue weighted by atomic mass is 10.1. The Morgan fingerprint density at radius 2 is 2.00 bits per heavy atom. The molecular formula is C14H19ClO4. The van der Waals surface area contributed by atoms with Crippen LogP contribution in [0.3, 0.4) is 0 Å². The summed E-state index contributed by atoms with van der Waals surface area (Å²) in [6.45, 7) is 3.85. The zero-order chi connectivity index (χ0) is 14.3. The summed E-state index contributed by atoms with van der Waals surface area (Å²) in [6.07, 6.45) is 0.778. The molecule has 1 rings (SSSR count). The van der Waals surface area contributed by atoms with E-state index in [-0.39, 0.29) is 0 Å². The van der Waals surface area contributed by atoms with E-state index in [1.807, 2.05) is 6.07 Å². The number of carbonyl (C=O) groups excluding carboxylic acids is 1. The monoisotopic (exact) mass is 286 g/mol. The summed E-state index contributed by atoms with van der Waals surface area (Å²) < 4.78 is 15.8. The Hall–Kier alpha value is -1.42. The number of ether oxygens (including phenoxy) is 3. The van der Waals surface area contributed by atoms with Gasteiger partial charge in [-0.3, -0.25) is 0 Å². The Bertz CT molecular complexity index is 418. The molecule has 0 atom stereocenters. The normalized spacial score (nSPS) is 10.9. The van der Waals surface area contributed by atoms with Gasteiger partial charge in [0.2, 0.25) is 0 Å². The van der Waals surface area contributed by atoms with Gasteiger partial charge in [-0.1, -0.05) is 6.07 Å². The highest BCUT2D eigenvalue weighted by atomic mass is 35.5. The Labute approximate surface area is 118 Å². The third kappa shape index (κ3) is 4.99. The van der Waals surface area contributed by atoms with Crippen molar-refractivity contribution < 1.29 is 19.0 Å². The van der Waals surface area contributed by atoms with E-state index in [9.17, 15) is 4.79 Å². The average molecular weight is 287 g/mol. The minimum Gasteiger partial charge on any atom is -0.493 e. The number of carbonyl (C=O) groups is 1. The fourth-order valence-electron chi connectivity index (χ4n) is 1.45. The van der Waals surface area contributed by atoms with Crippen LogP contribution in [0.5, 0.6) is 11.5 Å². The lowest BCUT2D eigenvalue weighted by molar-refractivity contribution is -0.156. The fraction of sp³-hybridized carbons (Fsp3) is 0.500. The Kier molecular flexibility index (Phi) is 5.96. The van der Waals surface area contributed by atoms with Crippen LogP contribution in [0.15, 0.2) is 24.3 Å². The van der Waals surface area contributed by atoms with Crippen LogP contribution in [-0.4, -0.2) is 31.2 Å². The number of halogens is 1. The first-order valence-corrected chi connectivity index (χ1v) is 6.59. The number of methoxy groups -OCH3 is 1. The van der Waals surface area contributed by atoms with E-state index in [4.69, 9.17) is 21.1 Å². The molecule has 0 radical (unpaired) electrons. The second-order valence-corrected chi connectivity index (χ2v) is 4.85. The van der Waals surface area contributed by atoms with Crippen molar-refractivity contribution in [3.05, 3.63) is 24.3 Å². The molecule has 1 aromatic carbocycles. The van der Waals surface area contributed by atoms with Gasteiger partial charge in [0, 0.05) is 11.9 Å². The molecule has 5 heteroatoms. The summed E-state index contributed by atoms with van der Waals surface area (Å²) in [5.41, 5.74) is -1.04. The van der Waals surface area contributed by atoms with Crippen molar-refractivity contribution in [2.24, 2.45) is 0 Å². The molecule has 0 saturated heterocycles. The second kappa shape index (κ2) is 7.24. The van der Waals surface area contributed by atoms with Crippen molar-refractivity contribution >= 4 is 17.6 Å². The predicted octanol–water partition coefficient (Wildman–Crippen LogP) is 3.02. The maximum Gasteiger partial charge on any atom is 0.349 e. The number of hydrogen-bond donors (Lipinski definition) is 0. The van der Waals surface area contributed by atoms with Crippen LogP contribution < -0.4 is 9.47 Å². The van der Waals surface area contributed by atoms with E-state index in [0.29, 0.717) is 24.0 Å². The first-order valence-electron chi connectivity index (χ1n) is 6.06. The summed E-state index contributed by atoms with van der Waals surface area (Å²) in [7, 11) is 1.33. The number of rotatable bonds is 7. The fourth-order valence-corrected chi connectivity index (χ4v) is 1.56. The van der Waals surface area contributed by atoms with Crippen LogP contribution in [0.4, 0.5) is 0 Å². The van der Waals surface area contributed by atoms with Gasteiger partial charge in [0.05, 0.1) is 13.7 Å². The minimum atomic E-state index is -1.04. The van der Waals surface area contributed by atoms with Gasteiger partial charge in [0.1, 0.15) is 11.5 Å². The van der Waals surface area contributed by atoms with Crippen molar-refractivity contribution in [3.63, 3.8) is 0 Å². The molecule has 0 bridgehead atoms. The molecule has 0 fully saturated rings. The van der Waals surface area contributed by atoms with Gasteiger partial charge in [-0.05, 0) is 32.4 Å². The number of benzene rings is 1. The second-order valence-electron chi connectivity index (χ2n) is 4.47. The van der Waals surface area contributed by atoms with E-state index in [0.717, 1.165) is 6.42 Å². The van der Waals surface area contributed by atoms with Crippen molar-refractivity contribution in [3.8, 4) is 11.5 Å². The summed E-state index contributed by atoms with van der Waals surface area (Å²) in [5, 5.41) is 0. The highest BCUT2D eigenvalue weighted by Gasteiger charge is 2.31. The summed E-state index contributed by atoms with van der Waals surface area (Å²) in [4.78, 5) is 11.5. The largest absolute Gasteiger partial charge is 0.493 e. The van der Waals surface area contributed by atoms with Crippen LogP contribution in [0, 0.1) is 0 Å². The van der Waals surface area contributed by atoms with Crippen LogP contribution >= 0.6 is 11.6 Å². The molecule has 0 N–H and O–H groups in total. The van der Waals surface area contributed by atoms with Gasteiger partial charge in [-0.2, -0.15) is 0 Å². The molecule has 0 unspecified atom stereocenters. The topological polar surface area (TPSA) is 44.8 Å². The van der Waals surface area contributed by atoms with Crippen molar-refractivity contribution in [2.45, 2.75) is 25.9 Å². The zero-order valence-corrected chi connectivity index (χ0v) is 12.2. The lowest BCUT2D eigenvalue weighted by Crippen LogP contribution is -2.39. The SMILES string of the molecule is COC(=O)C(C)(C)Oc1cccc(OCCCCl)c1. The van der Waals surface area contributed by atoms with Gasteiger partial charge in [0.25, 0.3) is 0 Å². The molecule has 0 aliphatic carbocycles. The van der Waals surface area contributed by atoms with Crippen molar-refractivity contribution in [2.75, 3.05) is 19.6 Å². The van der Waals surface area contributed by atoms with Gasteiger partial charge < -0.3 is 14.2 Å². The maximum atomic E-state index is 11.5. The van der Waals surface area contributed by atoms with E-state index < -0.39 is 11.6 Å². The lowest BCUT2D eigenvalue weighted by Gasteiger charge is -2.23. The van der Waals surface area contributed by atoms with Gasteiger partial charge in [-0.25, -0.2) is 4.79 Å². The molecule has 0 aliphatic heterocycles. The first-order chi connectivity index (χ1) is 8.99. The Balaban J connectivity index is 2.68. The van der Waals surface area contributed by atoms with Crippen molar-refractivity contribution in [1.82, 2.24) is 0 Å². The van der Waals surface area contributed by atoms with Gasteiger partial charge in [-0.15, -0.1) is 11.6 Å². The summed E-state index contributed by atoms with van der Waals surface area (Å²) >= 11 is 5.58. The maximum absolute atomic E-state index is 11.5. The molecule has 0 spiro atoms. The molecule has 0 heterocycles. The molecule has 0 amide bonds. The van der Waals surface area contributed by atoms with E-state index >= 15 is 0 Å². The molecule has 0 saturated carbocycles. The highest BCUT2D eigenvalue weighted by molar-refractivity contribution is 6.17. The van der Waals surface area contributed by atoms with Gasteiger partial charge in [0.15, 0.2) is 5.60 Å². The molecular weight excluding hydrogens is 268 g/mol. The molecule has 1 aromatic rings. The smallest absolute Gasteiger partial charge is 0.349 e. The standard InChI is InChI=1S/C14H19ClO4/c1-14(2,13(16)17-3)19-12-7-4-6-11(10-12)18-9-5-8-15/h4,6-7,10H,5,8-9H2,1-3H3.